The second-order valence-electron chi connectivity index (χ2n) is 4.04. The van der Waals surface area contributed by atoms with Gasteiger partial charge in [-0.3, -0.25) is 0 Å². The molecule has 1 aliphatic rings. The smallest absolute Gasteiger partial charge is 0.104 e. The highest BCUT2D eigenvalue weighted by Crippen LogP contribution is 2.36. The summed E-state index contributed by atoms with van der Waals surface area (Å²) in [5.41, 5.74) is 7.80. The van der Waals surface area contributed by atoms with Gasteiger partial charge >= 0.3 is 0 Å². The summed E-state index contributed by atoms with van der Waals surface area (Å²) in [6.07, 6.45) is 4.57. The normalized spacial score (nSPS) is 21.0. The number of nitriles is 1. The Morgan fingerprint density at radius 1 is 1.43 bits per heavy atom. The first-order valence-corrected chi connectivity index (χ1v) is 5.84. The molecule has 0 amide bonds. The molecule has 2 rings (SSSR count). The van der Waals surface area contributed by atoms with E-state index in [1.54, 1.807) is 11.3 Å². The van der Waals surface area contributed by atoms with E-state index in [4.69, 9.17) is 11.0 Å². The number of nitrogens with two attached hydrogens (primary N) is 1. The van der Waals surface area contributed by atoms with Crippen molar-refractivity contribution in [2.24, 2.45) is 5.92 Å². The molecule has 1 atom stereocenters. The van der Waals surface area contributed by atoms with E-state index in [2.05, 4.69) is 13.0 Å². The Labute approximate surface area is 88.4 Å². The summed E-state index contributed by atoms with van der Waals surface area (Å²) >= 11 is 1.61. The monoisotopic (exact) mass is 206 g/mol. The molecule has 1 heterocycles. The van der Waals surface area contributed by atoms with Crippen LogP contribution in [-0.2, 0) is 12.8 Å². The lowest BCUT2D eigenvalue weighted by molar-refractivity contribution is 0.510. The molecule has 0 saturated carbocycles. The van der Waals surface area contributed by atoms with Crippen LogP contribution in [-0.4, -0.2) is 0 Å². The summed E-state index contributed by atoms with van der Waals surface area (Å²) < 4.78 is 0. The summed E-state index contributed by atoms with van der Waals surface area (Å²) in [7, 11) is 0. The van der Waals surface area contributed by atoms with E-state index in [0.29, 0.717) is 5.00 Å². The van der Waals surface area contributed by atoms with Gasteiger partial charge in [0.05, 0.1) is 5.56 Å². The van der Waals surface area contributed by atoms with Crippen LogP contribution in [0.3, 0.4) is 0 Å². The third-order valence-electron chi connectivity index (χ3n) is 2.98. The van der Waals surface area contributed by atoms with Crippen LogP contribution in [0.1, 0.15) is 35.8 Å². The number of anilines is 1. The van der Waals surface area contributed by atoms with Gasteiger partial charge in [-0.1, -0.05) is 6.92 Å². The van der Waals surface area contributed by atoms with Gasteiger partial charge in [-0.2, -0.15) is 5.26 Å². The average molecular weight is 206 g/mol. The number of hydrogen-bond acceptors (Lipinski definition) is 3. The van der Waals surface area contributed by atoms with Gasteiger partial charge in [0.15, 0.2) is 0 Å². The van der Waals surface area contributed by atoms with E-state index in [9.17, 15) is 0 Å². The van der Waals surface area contributed by atoms with Gasteiger partial charge in [-0.05, 0) is 37.2 Å². The number of hydrogen-bond donors (Lipinski definition) is 1. The standard InChI is InChI=1S/C11H14N2S/c1-7-2-4-8-9(6-12)11(13)14-10(8)5-3-7/h7H,2-5,13H2,1H3. The minimum atomic E-state index is 0.715. The fraction of sp³-hybridized carbons (Fsp3) is 0.545. The highest BCUT2D eigenvalue weighted by molar-refractivity contribution is 7.16. The molecule has 0 radical (unpaired) electrons. The van der Waals surface area contributed by atoms with E-state index in [-0.39, 0.29) is 0 Å². The Kier molecular flexibility index (Phi) is 2.47. The van der Waals surface area contributed by atoms with Crippen molar-refractivity contribution in [3.05, 3.63) is 16.0 Å². The van der Waals surface area contributed by atoms with Gasteiger partial charge in [0, 0.05) is 4.88 Å². The van der Waals surface area contributed by atoms with Crippen molar-refractivity contribution in [3.8, 4) is 6.07 Å². The maximum absolute atomic E-state index is 9.00. The van der Waals surface area contributed by atoms with E-state index in [0.717, 1.165) is 24.3 Å². The summed E-state index contributed by atoms with van der Waals surface area (Å²) in [5.74, 6) is 0.780. The zero-order chi connectivity index (χ0) is 10.1. The molecule has 2 N–H and O–H groups in total. The average Bonchev–Trinajstić information content (AvgIpc) is 2.36. The van der Waals surface area contributed by atoms with Crippen LogP contribution in [0.2, 0.25) is 0 Å². The molecule has 0 fully saturated rings. The third-order valence-corrected chi connectivity index (χ3v) is 4.10. The Morgan fingerprint density at radius 3 is 2.86 bits per heavy atom. The molecular weight excluding hydrogens is 192 g/mol. The molecule has 0 saturated heterocycles. The van der Waals surface area contributed by atoms with Gasteiger partial charge in [0.2, 0.25) is 0 Å². The van der Waals surface area contributed by atoms with Crippen LogP contribution in [0.15, 0.2) is 0 Å². The highest BCUT2D eigenvalue weighted by atomic mass is 32.1. The van der Waals surface area contributed by atoms with Crippen molar-refractivity contribution < 1.29 is 0 Å². The molecule has 1 aromatic rings. The SMILES string of the molecule is CC1CCc2sc(N)c(C#N)c2CC1. The molecule has 1 aliphatic carbocycles. The fourth-order valence-electron chi connectivity index (χ4n) is 2.03. The van der Waals surface area contributed by atoms with Crippen molar-refractivity contribution in [2.75, 3.05) is 5.73 Å². The first kappa shape index (κ1) is 9.54. The lowest BCUT2D eigenvalue weighted by Gasteiger charge is -2.04. The molecule has 0 bridgehead atoms. The van der Waals surface area contributed by atoms with Gasteiger partial charge in [0.1, 0.15) is 11.1 Å². The molecule has 1 aromatic heterocycles. The van der Waals surface area contributed by atoms with Crippen molar-refractivity contribution in [2.45, 2.75) is 32.6 Å². The van der Waals surface area contributed by atoms with Crippen molar-refractivity contribution in [1.29, 1.82) is 5.26 Å². The largest absolute Gasteiger partial charge is 0.389 e. The topological polar surface area (TPSA) is 49.8 Å². The molecule has 14 heavy (non-hydrogen) atoms. The summed E-state index contributed by atoms with van der Waals surface area (Å²) in [6, 6.07) is 2.23. The number of nitrogen functional groups attached to an aromatic ring is 1. The van der Waals surface area contributed by atoms with Crippen LogP contribution < -0.4 is 5.73 Å². The zero-order valence-electron chi connectivity index (χ0n) is 8.34. The fourth-order valence-corrected chi connectivity index (χ4v) is 3.12. The van der Waals surface area contributed by atoms with Gasteiger partial charge < -0.3 is 5.73 Å². The first-order valence-electron chi connectivity index (χ1n) is 5.02. The van der Waals surface area contributed by atoms with Gasteiger partial charge in [-0.25, -0.2) is 0 Å². The van der Waals surface area contributed by atoms with Crippen molar-refractivity contribution in [3.63, 3.8) is 0 Å². The first-order chi connectivity index (χ1) is 6.72. The molecule has 0 aliphatic heterocycles. The minimum Gasteiger partial charge on any atom is -0.389 e. The zero-order valence-corrected chi connectivity index (χ0v) is 9.16. The second-order valence-corrected chi connectivity index (χ2v) is 5.17. The number of rotatable bonds is 0. The van der Waals surface area contributed by atoms with Crippen molar-refractivity contribution in [1.82, 2.24) is 0 Å². The van der Waals surface area contributed by atoms with Crippen LogP contribution >= 0.6 is 11.3 Å². The summed E-state index contributed by atoms with van der Waals surface area (Å²) in [5, 5.41) is 9.71. The summed E-state index contributed by atoms with van der Waals surface area (Å²) in [4.78, 5) is 1.35. The highest BCUT2D eigenvalue weighted by Gasteiger charge is 2.20. The molecule has 0 spiro atoms. The third kappa shape index (κ3) is 1.51. The van der Waals surface area contributed by atoms with Crippen LogP contribution in [0.5, 0.6) is 0 Å². The molecular formula is C11H14N2S. The van der Waals surface area contributed by atoms with E-state index >= 15 is 0 Å². The number of aryl methyl sites for hydroxylation is 1. The number of fused-ring (bicyclic) bond motifs is 1. The maximum Gasteiger partial charge on any atom is 0.104 e. The van der Waals surface area contributed by atoms with E-state index < -0.39 is 0 Å². The quantitative estimate of drug-likeness (QED) is 0.663. The molecule has 74 valence electrons. The lowest BCUT2D eigenvalue weighted by atomic mass is 10.0. The number of nitrogens with zero attached hydrogens (tertiary/aromatic N) is 1. The molecule has 3 heteroatoms. The van der Waals surface area contributed by atoms with E-state index in [1.165, 1.54) is 23.3 Å². The van der Waals surface area contributed by atoms with Gasteiger partial charge in [0.25, 0.3) is 0 Å². The Balaban J connectivity index is 2.41. The molecule has 2 nitrogen and oxygen atoms in total. The summed E-state index contributed by atoms with van der Waals surface area (Å²) in [6.45, 7) is 2.28. The minimum absolute atomic E-state index is 0.715. The molecule has 0 aromatic carbocycles. The second kappa shape index (κ2) is 3.62. The Hall–Kier alpha value is -1.01. The maximum atomic E-state index is 9.00. The molecule has 1 unspecified atom stereocenters. The lowest BCUT2D eigenvalue weighted by Crippen LogP contribution is -1.94. The van der Waals surface area contributed by atoms with Gasteiger partial charge in [-0.15, -0.1) is 11.3 Å². The Morgan fingerprint density at radius 2 is 2.14 bits per heavy atom. The predicted molar refractivity (Wildman–Crippen MR) is 59.3 cm³/mol. The number of thiophene rings is 1. The predicted octanol–water partition coefficient (Wildman–Crippen LogP) is 2.72. The van der Waals surface area contributed by atoms with Crippen LogP contribution in [0.25, 0.3) is 0 Å². The van der Waals surface area contributed by atoms with Crippen LogP contribution in [0, 0.1) is 17.2 Å². The van der Waals surface area contributed by atoms with E-state index in [1.807, 2.05) is 0 Å². The Bertz CT molecular complexity index is 387. The van der Waals surface area contributed by atoms with Crippen LogP contribution in [0.4, 0.5) is 5.00 Å². The van der Waals surface area contributed by atoms with Crippen molar-refractivity contribution >= 4 is 16.3 Å².